The van der Waals surface area contributed by atoms with Crippen LogP contribution < -0.4 is 19.9 Å². The third-order valence-corrected chi connectivity index (χ3v) is 9.32. The molecule has 2 aromatic carbocycles. The Bertz CT molecular complexity index is 1440. The summed E-state index contributed by atoms with van der Waals surface area (Å²) >= 11 is 0. The van der Waals surface area contributed by atoms with E-state index in [1.807, 2.05) is 30.3 Å². The molecule has 3 fully saturated rings. The number of fused-ring (bicyclic) bond motifs is 4. The van der Waals surface area contributed by atoms with Gasteiger partial charge >= 0.3 is 0 Å². The Balaban J connectivity index is 0.00000289. The largest absolute Gasteiger partial charge is 0.508 e. The van der Waals surface area contributed by atoms with Crippen molar-refractivity contribution in [3.05, 3.63) is 53.1 Å². The number of phenolic OH excluding ortho intramolecular Hbond substituents is 1. The number of aromatic hydroxyl groups is 1. The molecular formula is C31H37ClN6O2. The van der Waals surface area contributed by atoms with Crippen molar-refractivity contribution in [1.82, 2.24) is 15.2 Å². The molecule has 0 spiro atoms. The molecule has 9 heteroatoms. The van der Waals surface area contributed by atoms with Gasteiger partial charge in [0.15, 0.2) is 0 Å². The number of ether oxygens (including phenoxy) is 1. The second-order valence-corrected chi connectivity index (χ2v) is 11.6. The number of nitriles is 1. The summed E-state index contributed by atoms with van der Waals surface area (Å²) < 4.78 is 6.43. The highest BCUT2D eigenvalue weighted by Crippen LogP contribution is 2.42. The molecule has 8 nitrogen and oxygen atoms in total. The minimum absolute atomic E-state index is 0. The van der Waals surface area contributed by atoms with Crippen LogP contribution in [0.1, 0.15) is 42.4 Å². The third-order valence-electron chi connectivity index (χ3n) is 9.32. The fourth-order valence-electron chi connectivity index (χ4n) is 7.25. The van der Waals surface area contributed by atoms with Gasteiger partial charge in [-0.05, 0) is 57.1 Å². The minimum atomic E-state index is 0. The first-order chi connectivity index (χ1) is 19.1. The van der Waals surface area contributed by atoms with Crippen LogP contribution in [0.5, 0.6) is 11.6 Å². The maximum atomic E-state index is 10.5. The quantitative estimate of drug-likeness (QED) is 0.480. The number of rotatable bonds is 5. The Labute approximate surface area is 241 Å². The molecule has 0 radical (unpaired) electrons. The van der Waals surface area contributed by atoms with E-state index in [0.29, 0.717) is 42.7 Å². The highest BCUT2D eigenvalue weighted by molar-refractivity contribution is 5.95. The number of halogens is 1. The number of phenols is 1. The van der Waals surface area contributed by atoms with E-state index in [-0.39, 0.29) is 18.2 Å². The first-order valence-corrected chi connectivity index (χ1v) is 14.4. The van der Waals surface area contributed by atoms with E-state index >= 15 is 0 Å². The molecule has 4 aliphatic rings. The summed E-state index contributed by atoms with van der Waals surface area (Å²) in [5.74, 6) is 1.76. The lowest BCUT2D eigenvalue weighted by molar-refractivity contribution is 0.192. The molecule has 0 unspecified atom stereocenters. The molecule has 210 valence electrons. The Morgan fingerprint density at radius 1 is 1.10 bits per heavy atom. The number of benzene rings is 2. The van der Waals surface area contributed by atoms with Crippen LogP contribution in [0.15, 0.2) is 36.4 Å². The Morgan fingerprint density at radius 2 is 1.90 bits per heavy atom. The van der Waals surface area contributed by atoms with Gasteiger partial charge in [-0.15, -0.1) is 12.4 Å². The fourth-order valence-corrected chi connectivity index (χ4v) is 7.25. The van der Waals surface area contributed by atoms with Gasteiger partial charge in [0.05, 0.1) is 0 Å². The summed E-state index contributed by atoms with van der Waals surface area (Å²) in [6, 6.07) is 15.5. The van der Waals surface area contributed by atoms with Crippen LogP contribution in [0, 0.1) is 11.3 Å². The number of piperazine rings is 1. The van der Waals surface area contributed by atoms with Gasteiger partial charge in [-0.3, -0.25) is 0 Å². The second-order valence-electron chi connectivity index (χ2n) is 11.6. The summed E-state index contributed by atoms with van der Waals surface area (Å²) in [5.41, 5.74) is 3.77. The van der Waals surface area contributed by atoms with Gasteiger partial charge in [-0.25, -0.2) is 0 Å². The molecule has 1 aromatic heterocycles. The number of hydrogen-bond acceptors (Lipinski definition) is 8. The van der Waals surface area contributed by atoms with Crippen molar-refractivity contribution in [3.8, 4) is 17.7 Å². The Hall–Kier alpha value is -3.25. The molecule has 0 amide bonds. The van der Waals surface area contributed by atoms with E-state index in [9.17, 15) is 10.4 Å². The molecule has 40 heavy (non-hydrogen) atoms. The summed E-state index contributed by atoms with van der Waals surface area (Å²) in [5, 5.41) is 26.7. The van der Waals surface area contributed by atoms with E-state index in [1.54, 1.807) is 0 Å². The number of likely N-dealkylation sites (N-methyl/N-ethyl adjacent to an activating group) is 1. The molecule has 0 saturated carbocycles. The van der Waals surface area contributed by atoms with E-state index < -0.39 is 0 Å². The number of hydrogen-bond donors (Lipinski definition) is 2. The van der Waals surface area contributed by atoms with Gasteiger partial charge in [0.25, 0.3) is 0 Å². The van der Waals surface area contributed by atoms with Gasteiger partial charge in [-0.2, -0.15) is 10.2 Å². The van der Waals surface area contributed by atoms with Crippen molar-refractivity contribution < 1.29 is 9.84 Å². The highest BCUT2D eigenvalue weighted by atomic mass is 35.5. The van der Waals surface area contributed by atoms with Crippen LogP contribution >= 0.6 is 12.4 Å². The molecule has 4 aliphatic heterocycles. The zero-order valence-corrected chi connectivity index (χ0v) is 23.8. The summed E-state index contributed by atoms with van der Waals surface area (Å²) in [7, 11) is 2.15. The minimum Gasteiger partial charge on any atom is -0.508 e. The van der Waals surface area contributed by atoms with Crippen LogP contribution in [-0.2, 0) is 13.0 Å². The van der Waals surface area contributed by atoms with Crippen molar-refractivity contribution in [1.29, 1.82) is 5.26 Å². The normalized spacial score (nSPS) is 24.1. The predicted molar refractivity (Wildman–Crippen MR) is 160 cm³/mol. The average molecular weight is 561 g/mol. The first kappa shape index (κ1) is 26.9. The van der Waals surface area contributed by atoms with Crippen LogP contribution in [0.3, 0.4) is 0 Å². The van der Waals surface area contributed by atoms with E-state index in [4.69, 9.17) is 9.72 Å². The van der Waals surface area contributed by atoms with Crippen molar-refractivity contribution in [2.24, 2.45) is 0 Å². The molecule has 3 atom stereocenters. The fraction of sp³-hybridized carbons (Fsp3) is 0.484. The van der Waals surface area contributed by atoms with Gasteiger partial charge < -0.3 is 29.9 Å². The summed E-state index contributed by atoms with van der Waals surface area (Å²) in [4.78, 5) is 12.3. The topological polar surface area (TPSA) is 87.9 Å². The lowest BCUT2D eigenvalue weighted by Crippen LogP contribution is -2.53. The number of pyridine rings is 1. The summed E-state index contributed by atoms with van der Waals surface area (Å²) in [6.45, 7) is 4.95. The zero-order chi connectivity index (χ0) is 26.5. The predicted octanol–water partition coefficient (Wildman–Crippen LogP) is 4.21. The molecular weight excluding hydrogens is 524 g/mol. The van der Waals surface area contributed by atoms with Crippen LogP contribution in [0.2, 0.25) is 0 Å². The van der Waals surface area contributed by atoms with E-state index in [0.717, 1.165) is 66.9 Å². The molecule has 5 heterocycles. The lowest BCUT2D eigenvalue weighted by Gasteiger charge is -2.40. The van der Waals surface area contributed by atoms with Gasteiger partial charge in [-0.1, -0.05) is 24.3 Å². The van der Waals surface area contributed by atoms with Crippen LogP contribution in [-0.4, -0.2) is 72.9 Å². The number of nitrogens with zero attached hydrogens (tertiary/aromatic N) is 5. The molecule has 3 saturated heterocycles. The van der Waals surface area contributed by atoms with Crippen molar-refractivity contribution in [2.45, 2.75) is 56.8 Å². The number of nitrogens with one attached hydrogen (secondary N) is 1. The van der Waals surface area contributed by atoms with Gasteiger partial charge in [0.2, 0.25) is 5.88 Å². The smallest absolute Gasteiger partial charge is 0.234 e. The summed E-state index contributed by atoms with van der Waals surface area (Å²) in [6.07, 6.45) is 5.41. The van der Waals surface area contributed by atoms with Crippen molar-refractivity contribution >= 4 is 34.7 Å². The average Bonchev–Trinajstić information content (AvgIpc) is 3.47. The van der Waals surface area contributed by atoms with Crippen LogP contribution in [0.4, 0.5) is 11.5 Å². The SMILES string of the molecule is CN1CCC[C@H]1COc1nc(N2[C@@H]3CC[C@H]2CNC3)c2c(c1C#N)CN(c1cc(O)cc3ccccc13)CC2.Cl. The molecule has 3 aromatic rings. The number of likely N-dealkylation sites (tertiary alicyclic amines) is 1. The van der Waals surface area contributed by atoms with E-state index in [1.165, 1.54) is 24.8 Å². The van der Waals surface area contributed by atoms with Gasteiger partial charge in [0.1, 0.15) is 29.8 Å². The highest BCUT2D eigenvalue weighted by Gasteiger charge is 2.40. The lowest BCUT2D eigenvalue weighted by atomic mass is 9.94. The second kappa shape index (κ2) is 11.0. The van der Waals surface area contributed by atoms with E-state index in [2.05, 4.69) is 39.2 Å². The zero-order valence-electron chi connectivity index (χ0n) is 23.0. The first-order valence-electron chi connectivity index (χ1n) is 14.4. The maximum Gasteiger partial charge on any atom is 0.234 e. The number of anilines is 2. The third kappa shape index (κ3) is 4.60. The maximum absolute atomic E-state index is 10.5. The standard InChI is InChI=1S/C31H36N6O2.ClH/c1-35-11-4-6-23(35)19-39-31-27(15-32)28-18-36(29-14-24(38)13-20-5-2-3-7-25(20)29)12-10-26(28)30(34-31)37-21-8-9-22(37)17-33-16-21;/h2-3,5,7,13-14,21-23,33,38H,4,6,8-12,16-19H2,1H3;1H/t21-,22+,23-;/m0./s1. The number of aromatic nitrogens is 1. The Kier molecular flexibility index (Phi) is 7.39. The van der Waals surface area contributed by atoms with Crippen molar-refractivity contribution in [3.63, 3.8) is 0 Å². The van der Waals surface area contributed by atoms with Crippen molar-refractivity contribution in [2.75, 3.05) is 49.6 Å². The molecule has 0 aliphatic carbocycles. The molecule has 7 rings (SSSR count). The Morgan fingerprint density at radius 3 is 2.65 bits per heavy atom. The van der Waals surface area contributed by atoms with Gasteiger partial charge in [0, 0.05) is 72.6 Å². The monoisotopic (exact) mass is 560 g/mol. The molecule has 2 bridgehead atoms. The van der Waals surface area contributed by atoms with Crippen LogP contribution in [0.25, 0.3) is 10.8 Å². The molecule has 2 N–H and O–H groups in total.